The average Bonchev–Trinajstić information content (AvgIpc) is 3.14. The third-order valence-electron chi connectivity index (χ3n) is 3.57. The SMILES string of the molecule is CCCn1nc(C)c(C(=O)Nc2nnc(-c3ccccn3)s2)c1C. The van der Waals surface area contributed by atoms with E-state index in [-0.39, 0.29) is 5.91 Å². The molecule has 124 valence electrons. The van der Waals surface area contributed by atoms with Crippen LogP contribution < -0.4 is 5.32 Å². The van der Waals surface area contributed by atoms with E-state index in [1.807, 2.05) is 36.7 Å². The zero-order valence-electron chi connectivity index (χ0n) is 13.8. The predicted octanol–water partition coefficient (Wildman–Crippen LogP) is 3.08. The van der Waals surface area contributed by atoms with Crippen molar-refractivity contribution in [2.75, 3.05) is 5.32 Å². The first-order chi connectivity index (χ1) is 11.6. The Morgan fingerprint density at radius 3 is 2.83 bits per heavy atom. The van der Waals surface area contributed by atoms with Gasteiger partial charge in [0.1, 0.15) is 5.69 Å². The highest BCUT2D eigenvalue weighted by atomic mass is 32.1. The van der Waals surface area contributed by atoms with E-state index in [9.17, 15) is 4.79 Å². The molecule has 3 aromatic heterocycles. The topological polar surface area (TPSA) is 85.6 Å². The number of rotatable bonds is 5. The van der Waals surface area contributed by atoms with E-state index >= 15 is 0 Å². The van der Waals surface area contributed by atoms with Crippen molar-refractivity contribution < 1.29 is 4.79 Å². The standard InChI is InChI=1S/C16H18N6OS/c1-4-9-22-11(3)13(10(2)21-22)14(23)18-16-20-19-15(24-16)12-7-5-6-8-17-12/h5-8H,4,9H2,1-3H3,(H,18,20,23). The molecule has 3 rings (SSSR count). The van der Waals surface area contributed by atoms with Crippen LogP contribution >= 0.6 is 11.3 Å². The van der Waals surface area contributed by atoms with Crippen molar-refractivity contribution in [3.63, 3.8) is 0 Å². The van der Waals surface area contributed by atoms with E-state index in [0.717, 1.165) is 24.4 Å². The minimum absolute atomic E-state index is 0.212. The minimum atomic E-state index is -0.212. The first-order valence-corrected chi connectivity index (χ1v) is 8.52. The van der Waals surface area contributed by atoms with Gasteiger partial charge in [0.05, 0.1) is 11.3 Å². The summed E-state index contributed by atoms with van der Waals surface area (Å²) >= 11 is 1.29. The highest BCUT2D eigenvalue weighted by Crippen LogP contribution is 2.25. The predicted molar refractivity (Wildman–Crippen MR) is 93.1 cm³/mol. The van der Waals surface area contributed by atoms with Crippen LogP contribution in [0, 0.1) is 13.8 Å². The monoisotopic (exact) mass is 342 g/mol. The van der Waals surface area contributed by atoms with Crippen LogP contribution in [-0.4, -0.2) is 30.9 Å². The lowest BCUT2D eigenvalue weighted by atomic mass is 10.2. The summed E-state index contributed by atoms with van der Waals surface area (Å²) < 4.78 is 1.86. The third-order valence-corrected chi connectivity index (χ3v) is 4.43. The Kier molecular flexibility index (Phi) is 4.66. The number of carbonyl (C=O) groups is 1. The molecule has 0 bridgehead atoms. The Labute approximate surface area is 143 Å². The molecule has 24 heavy (non-hydrogen) atoms. The number of nitrogens with zero attached hydrogens (tertiary/aromatic N) is 5. The number of carbonyl (C=O) groups excluding carboxylic acids is 1. The van der Waals surface area contributed by atoms with Crippen molar-refractivity contribution in [2.45, 2.75) is 33.7 Å². The average molecular weight is 342 g/mol. The van der Waals surface area contributed by atoms with E-state index in [2.05, 4.69) is 32.5 Å². The van der Waals surface area contributed by atoms with E-state index in [1.165, 1.54) is 11.3 Å². The Morgan fingerprint density at radius 1 is 1.29 bits per heavy atom. The largest absolute Gasteiger partial charge is 0.296 e. The highest BCUT2D eigenvalue weighted by molar-refractivity contribution is 7.18. The van der Waals surface area contributed by atoms with Gasteiger partial charge in [-0.1, -0.05) is 24.3 Å². The fourth-order valence-corrected chi connectivity index (χ4v) is 3.20. The number of nitrogens with one attached hydrogen (secondary N) is 1. The van der Waals surface area contributed by atoms with Crippen molar-refractivity contribution in [2.24, 2.45) is 0 Å². The van der Waals surface area contributed by atoms with Gasteiger partial charge in [-0.05, 0) is 32.4 Å². The molecule has 0 aliphatic rings. The second kappa shape index (κ2) is 6.88. The Hall–Kier alpha value is -2.61. The number of anilines is 1. The summed E-state index contributed by atoms with van der Waals surface area (Å²) in [5, 5.41) is 16.5. The molecule has 0 fully saturated rings. The Balaban J connectivity index is 1.80. The lowest BCUT2D eigenvalue weighted by Crippen LogP contribution is -2.14. The first-order valence-electron chi connectivity index (χ1n) is 7.70. The van der Waals surface area contributed by atoms with Gasteiger partial charge >= 0.3 is 0 Å². The number of aromatic nitrogens is 5. The smallest absolute Gasteiger partial charge is 0.261 e. The van der Waals surface area contributed by atoms with Gasteiger partial charge in [-0.25, -0.2) is 0 Å². The van der Waals surface area contributed by atoms with Crippen LogP contribution in [0.5, 0.6) is 0 Å². The van der Waals surface area contributed by atoms with Crippen molar-refractivity contribution in [1.29, 1.82) is 0 Å². The number of aryl methyl sites for hydroxylation is 2. The molecule has 3 aromatic rings. The Bertz CT molecular complexity index is 855. The van der Waals surface area contributed by atoms with Gasteiger partial charge in [0.2, 0.25) is 5.13 Å². The van der Waals surface area contributed by atoms with Crippen molar-refractivity contribution in [1.82, 2.24) is 25.0 Å². The lowest BCUT2D eigenvalue weighted by molar-refractivity contribution is 0.102. The van der Waals surface area contributed by atoms with Gasteiger partial charge in [-0.2, -0.15) is 5.10 Å². The van der Waals surface area contributed by atoms with Gasteiger partial charge in [-0.15, -0.1) is 10.2 Å². The van der Waals surface area contributed by atoms with Crippen LogP contribution in [-0.2, 0) is 6.54 Å². The van der Waals surface area contributed by atoms with Gasteiger partial charge in [-0.3, -0.25) is 19.8 Å². The molecule has 8 heteroatoms. The summed E-state index contributed by atoms with van der Waals surface area (Å²) in [6.07, 6.45) is 2.66. The molecule has 0 saturated heterocycles. The number of amides is 1. The molecule has 0 aromatic carbocycles. The zero-order valence-corrected chi connectivity index (χ0v) is 14.6. The van der Waals surface area contributed by atoms with E-state index in [1.54, 1.807) is 6.20 Å². The van der Waals surface area contributed by atoms with Gasteiger partial charge in [0.25, 0.3) is 5.91 Å². The molecule has 0 aliphatic carbocycles. The zero-order chi connectivity index (χ0) is 17.1. The van der Waals surface area contributed by atoms with Crippen molar-refractivity contribution >= 4 is 22.4 Å². The molecule has 0 atom stereocenters. The molecule has 0 aliphatic heterocycles. The second-order valence-corrected chi connectivity index (χ2v) is 6.33. The van der Waals surface area contributed by atoms with Gasteiger partial charge in [0, 0.05) is 18.4 Å². The molecule has 0 saturated carbocycles. The summed E-state index contributed by atoms with van der Waals surface area (Å²) in [5.74, 6) is -0.212. The van der Waals surface area contributed by atoms with Crippen LogP contribution in [0.15, 0.2) is 24.4 Å². The van der Waals surface area contributed by atoms with Crippen LogP contribution in [0.2, 0.25) is 0 Å². The lowest BCUT2D eigenvalue weighted by Gasteiger charge is -2.03. The minimum Gasteiger partial charge on any atom is -0.296 e. The maximum Gasteiger partial charge on any atom is 0.261 e. The quantitative estimate of drug-likeness (QED) is 0.770. The summed E-state index contributed by atoms with van der Waals surface area (Å²) in [6, 6.07) is 5.58. The molecule has 0 radical (unpaired) electrons. The van der Waals surface area contributed by atoms with E-state index in [0.29, 0.717) is 21.4 Å². The van der Waals surface area contributed by atoms with Crippen LogP contribution in [0.4, 0.5) is 5.13 Å². The summed E-state index contributed by atoms with van der Waals surface area (Å²) in [4.78, 5) is 16.8. The number of pyridine rings is 1. The second-order valence-electron chi connectivity index (χ2n) is 5.35. The highest BCUT2D eigenvalue weighted by Gasteiger charge is 2.20. The van der Waals surface area contributed by atoms with Crippen molar-refractivity contribution in [3.8, 4) is 10.7 Å². The Morgan fingerprint density at radius 2 is 2.12 bits per heavy atom. The molecule has 7 nitrogen and oxygen atoms in total. The molecule has 1 amide bonds. The molecular formula is C16H18N6OS. The fraction of sp³-hybridized carbons (Fsp3) is 0.312. The molecule has 1 N–H and O–H groups in total. The van der Waals surface area contributed by atoms with E-state index in [4.69, 9.17) is 0 Å². The van der Waals surface area contributed by atoms with Crippen molar-refractivity contribution in [3.05, 3.63) is 41.3 Å². The number of hydrogen-bond acceptors (Lipinski definition) is 6. The molecule has 0 spiro atoms. The normalized spacial score (nSPS) is 10.8. The van der Waals surface area contributed by atoms with Crippen LogP contribution in [0.3, 0.4) is 0 Å². The fourth-order valence-electron chi connectivity index (χ4n) is 2.48. The third kappa shape index (κ3) is 3.18. The van der Waals surface area contributed by atoms with Crippen LogP contribution in [0.1, 0.15) is 35.1 Å². The maximum absolute atomic E-state index is 12.6. The summed E-state index contributed by atoms with van der Waals surface area (Å²) in [7, 11) is 0. The summed E-state index contributed by atoms with van der Waals surface area (Å²) in [6.45, 7) is 6.62. The maximum atomic E-state index is 12.6. The molecule has 3 heterocycles. The number of hydrogen-bond donors (Lipinski definition) is 1. The van der Waals surface area contributed by atoms with Crippen LogP contribution in [0.25, 0.3) is 10.7 Å². The molecular weight excluding hydrogens is 324 g/mol. The summed E-state index contributed by atoms with van der Waals surface area (Å²) in [5.41, 5.74) is 2.91. The van der Waals surface area contributed by atoms with Gasteiger partial charge in [0.15, 0.2) is 5.01 Å². The first kappa shape index (κ1) is 16.3. The molecule has 0 unspecified atom stereocenters. The van der Waals surface area contributed by atoms with Gasteiger partial charge < -0.3 is 0 Å². The van der Waals surface area contributed by atoms with E-state index < -0.39 is 0 Å².